The molecule has 0 bridgehead atoms. The number of esters is 1. The molecule has 0 aliphatic carbocycles. The minimum absolute atomic E-state index is 0.0252. The summed E-state index contributed by atoms with van der Waals surface area (Å²) in [6, 6.07) is 7.05. The van der Waals surface area contributed by atoms with Crippen LogP contribution in [0.5, 0.6) is 0 Å². The highest BCUT2D eigenvalue weighted by Gasteiger charge is 2.45. The van der Waals surface area contributed by atoms with E-state index in [1.54, 1.807) is 24.3 Å². The van der Waals surface area contributed by atoms with Crippen LogP contribution in [0, 0.1) is 0 Å². The molecule has 0 spiro atoms. The van der Waals surface area contributed by atoms with E-state index in [-0.39, 0.29) is 11.5 Å². The third-order valence-electron chi connectivity index (χ3n) is 3.91. The van der Waals surface area contributed by atoms with E-state index in [1.165, 1.54) is 18.7 Å². The molecule has 1 saturated heterocycles. The molecule has 158 valence electrons. The number of carbonyl (C=O) groups is 2. The number of aliphatic hydroxyl groups excluding tert-OH is 4. The molecule has 0 radical (unpaired) electrons. The van der Waals surface area contributed by atoms with E-state index in [4.69, 9.17) is 14.6 Å². The van der Waals surface area contributed by atoms with Crippen molar-refractivity contribution in [3.05, 3.63) is 35.4 Å². The lowest BCUT2D eigenvalue weighted by Crippen LogP contribution is -2.59. The summed E-state index contributed by atoms with van der Waals surface area (Å²) in [5, 5.41) is 38.4. The van der Waals surface area contributed by atoms with Crippen molar-refractivity contribution < 1.29 is 39.5 Å². The van der Waals surface area contributed by atoms with E-state index in [1.807, 2.05) is 13.8 Å². The molecule has 28 heavy (non-hydrogen) atoms. The Balaban J connectivity index is 0.00000190. The van der Waals surface area contributed by atoms with E-state index in [9.17, 15) is 24.9 Å². The summed E-state index contributed by atoms with van der Waals surface area (Å²) < 4.78 is 10.2. The van der Waals surface area contributed by atoms with E-state index in [0.29, 0.717) is 11.3 Å². The molecular weight excluding hydrogens is 388 g/mol. The van der Waals surface area contributed by atoms with Crippen LogP contribution in [0.25, 0.3) is 0 Å². The van der Waals surface area contributed by atoms with Crippen molar-refractivity contribution in [2.45, 2.75) is 63.7 Å². The summed E-state index contributed by atoms with van der Waals surface area (Å²) in [5.41, 5.74) is 1.60. The van der Waals surface area contributed by atoms with Crippen LogP contribution in [0.2, 0.25) is 0 Å². The van der Waals surface area contributed by atoms with Crippen LogP contribution in [0.3, 0.4) is 0 Å². The highest BCUT2D eigenvalue weighted by molar-refractivity contribution is 8.12. The molecule has 8 nitrogen and oxygen atoms in total. The fourth-order valence-electron chi connectivity index (χ4n) is 2.44. The first kappa shape index (κ1) is 24.5. The first-order valence-electron chi connectivity index (χ1n) is 9.03. The minimum atomic E-state index is -1.62. The van der Waals surface area contributed by atoms with E-state index < -0.39 is 43.3 Å². The molecule has 4 N–H and O–H groups in total. The van der Waals surface area contributed by atoms with Crippen molar-refractivity contribution in [2.24, 2.45) is 0 Å². The Kier molecular flexibility index (Phi) is 10.7. The van der Waals surface area contributed by atoms with Crippen molar-refractivity contribution in [1.82, 2.24) is 0 Å². The van der Waals surface area contributed by atoms with Crippen molar-refractivity contribution in [3.63, 3.8) is 0 Å². The Hall–Kier alpha value is -1.49. The summed E-state index contributed by atoms with van der Waals surface area (Å²) in [6.07, 6.45) is -7.44. The maximum absolute atomic E-state index is 12.0. The van der Waals surface area contributed by atoms with Gasteiger partial charge in [0.1, 0.15) is 24.4 Å². The fourth-order valence-corrected chi connectivity index (χ4v) is 3.00. The van der Waals surface area contributed by atoms with E-state index in [2.05, 4.69) is 0 Å². The van der Waals surface area contributed by atoms with Gasteiger partial charge in [0.25, 0.3) is 0 Å². The molecule has 1 aliphatic rings. The maximum atomic E-state index is 12.0. The molecule has 1 aromatic carbocycles. The van der Waals surface area contributed by atoms with Crippen molar-refractivity contribution in [2.75, 3.05) is 6.61 Å². The van der Waals surface area contributed by atoms with Crippen molar-refractivity contribution in [1.29, 1.82) is 0 Å². The topological polar surface area (TPSA) is 134 Å². The van der Waals surface area contributed by atoms with Crippen LogP contribution in [0.15, 0.2) is 24.3 Å². The summed E-state index contributed by atoms with van der Waals surface area (Å²) in [5.74, 6) is -0.148. The molecule has 5 unspecified atom stereocenters. The van der Waals surface area contributed by atoms with Crippen LogP contribution in [-0.2, 0) is 31.2 Å². The standard InChI is InChI=1S/C17H22O8S.C2H6/c1-9(19)26-8-11-4-2-10(3-5-11)6-13(20)25-17-16(23)15(22)14(21)12(7-18)24-17;1-2/h2-5,12,14-18,21-23H,6-8H2,1H3;1-2H3. The monoisotopic (exact) mass is 416 g/mol. The van der Waals surface area contributed by atoms with Crippen LogP contribution < -0.4 is 0 Å². The second-order valence-electron chi connectivity index (χ2n) is 5.96. The van der Waals surface area contributed by atoms with E-state index in [0.717, 1.165) is 5.56 Å². The average Bonchev–Trinajstić information content (AvgIpc) is 2.69. The molecule has 5 atom stereocenters. The first-order chi connectivity index (χ1) is 13.3. The number of benzene rings is 1. The van der Waals surface area contributed by atoms with Gasteiger partial charge in [-0.15, -0.1) is 0 Å². The number of ether oxygens (including phenoxy) is 2. The van der Waals surface area contributed by atoms with Gasteiger partial charge in [0, 0.05) is 12.7 Å². The van der Waals surface area contributed by atoms with Gasteiger partial charge in [-0.05, 0) is 11.1 Å². The van der Waals surface area contributed by atoms with Gasteiger partial charge in [0.15, 0.2) is 5.12 Å². The van der Waals surface area contributed by atoms with Crippen LogP contribution in [0.1, 0.15) is 31.9 Å². The smallest absolute Gasteiger partial charge is 0.312 e. The van der Waals surface area contributed by atoms with Crippen molar-refractivity contribution >= 4 is 22.8 Å². The second-order valence-corrected chi connectivity index (χ2v) is 7.11. The highest BCUT2D eigenvalue weighted by Crippen LogP contribution is 2.22. The van der Waals surface area contributed by atoms with Gasteiger partial charge in [-0.3, -0.25) is 9.59 Å². The molecule has 1 aliphatic heterocycles. The van der Waals surface area contributed by atoms with Gasteiger partial charge in [0.2, 0.25) is 6.29 Å². The number of carbonyl (C=O) groups excluding carboxylic acids is 2. The van der Waals surface area contributed by atoms with Gasteiger partial charge in [-0.1, -0.05) is 49.9 Å². The molecule has 9 heteroatoms. The average molecular weight is 416 g/mol. The number of hydrogen-bond donors (Lipinski definition) is 4. The van der Waals surface area contributed by atoms with Crippen molar-refractivity contribution in [3.8, 4) is 0 Å². The third-order valence-corrected chi connectivity index (χ3v) is 4.79. The Morgan fingerprint density at radius 1 is 1.04 bits per heavy atom. The first-order valence-corrected chi connectivity index (χ1v) is 10.0. The van der Waals surface area contributed by atoms with Crippen LogP contribution >= 0.6 is 11.8 Å². The Labute approximate surface area is 168 Å². The number of thioether (sulfide) groups is 1. The van der Waals surface area contributed by atoms with Gasteiger partial charge in [0.05, 0.1) is 13.0 Å². The van der Waals surface area contributed by atoms with E-state index >= 15 is 0 Å². The molecule has 2 rings (SSSR count). The molecule has 1 aromatic rings. The molecule has 0 saturated carbocycles. The van der Waals surface area contributed by atoms with Gasteiger partial charge < -0.3 is 29.9 Å². The number of rotatable bonds is 6. The molecule has 1 heterocycles. The molecule has 0 amide bonds. The SMILES string of the molecule is CC.CC(=O)SCc1ccc(CC(=O)OC2OC(CO)C(O)C(O)C2O)cc1. The summed E-state index contributed by atoms with van der Waals surface area (Å²) in [4.78, 5) is 23.0. The van der Waals surface area contributed by atoms with Gasteiger partial charge >= 0.3 is 5.97 Å². The Bertz CT molecular complexity index is 619. The fraction of sp³-hybridized carbons (Fsp3) is 0.579. The summed E-state index contributed by atoms with van der Waals surface area (Å²) >= 11 is 1.19. The van der Waals surface area contributed by atoms with Gasteiger partial charge in [-0.2, -0.15) is 0 Å². The predicted octanol–water partition coefficient (Wildman–Crippen LogP) is 0.378. The van der Waals surface area contributed by atoms with Gasteiger partial charge in [-0.25, -0.2) is 0 Å². The predicted molar refractivity (Wildman–Crippen MR) is 103 cm³/mol. The zero-order chi connectivity index (χ0) is 21.3. The molecule has 0 aromatic heterocycles. The normalized spacial score (nSPS) is 26.8. The lowest BCUT2D eigenvalue weighted by Gasteiger charge is -2.39. The quantitative estimate of drug-likeness (QED) is 0.486. The maximum Gasteiger partial charge on any atom is 0.312 e. The third kappa shape index (κ3) is 7.16. The lowest BCUT2D eigenvalue weighted by molar-refractivity contribution is -0.292. The summed E-state index contributed by atoms with van der Waals surface area (Å²) in [7, 11) is 0. The van der Waals surface area contributed by atoms with Crippen LogP contribution in [0.4, 0.5) is 0 Å². The number of aliphatic hydroxyl groups is 4. The molecule has 1 fully saturated rings. The largest absolute Gasteiger partial charge is 0.432 e. The molecular formula is C19H28O8S. The highest BCUT2D eigenvalue weighted by atomic mass is 32.2. The number of hydrogen-bond acceptors (Lipinski definition) is 9. The van der Waals surface area contributed by atoms with Crippen LogP contribution in [-0.4, -0.2) is 68.8 Å². The second kappa shape index (κ2) is 12.2. The lowest BCUT2D eigenvalue weighted by atomic mass is 9.99. The minimum Gasteiger partial charge on any atom is -0.432 e. The Morgan fingerprint density at radius 3 is 2.14 bits per heavy atom. The zero-order valence-electron chi connectivity index (χ0n) is 16.1. The summed E-state index contributed by atoms with van der Waals surface area (Å²) in [6.45, 7) is 4.90. The Morgan fingerprint density at radius 2 is 1.61 bits per heavy atom. The zero-order valence-corrected chi connectivity index (χ0v) is 17.0.